The molecule has 22 heavy (non-hydrogen) atoms. The number of amides is 1. The van der Waals surface area contributed by atoms with E-state index in [1.165, 1.54) is 0 Å². The Labute approximate surface area is 130 Å². The van der Waals surface area contributed by atoms with Gasteiger partial charge in [0.2, 0.25) is 0 Å². The third-order valence-electron chi connectivity index (χ3n) is 4.34. The summed E-state index contributed by atoms with van der Waals surface area (Å²) in [6.07, 6.45) is 4.25. The van der Waals surface area contributed by atoms with Gasteiger partial charge in [0.15, 0.2) is 5.69 Å². The van der Waals surface area contributed by atoms with Crippen LogP contribution in [0.15, 0.2) is 17.2 Å². The molecule has 1 aromatic rings. The van der Waals surface area contributed by atoms with Crippen molar-refractivity contribution in [2.75, 3.05) is 26.8 Å². The molecule has 0 bridgehead atoms. The number of carbonyl (C=O) groups excluding carboxylic acids is 1. The van der Waals surface area contributed by atoms with Gasteiger partial charge < -0.3 is 19.3 Å². The number of hydrogen-bond donors (Lipinski definition) is 1. The van der Waals surface area contributed by atoms with Gasteiger partial charge in [-0.25, -0.2) is 0 Å². The average molecular weight is 308 g/mol. The third-order valence-corrected chi connectivity index (χ3v) is 4.34. The summed E-state index contributed by atoms with van der Waals surface area (Å²) in [5, 5.41) is 13.6. The molecule has 1 unspecified atom stereocenters. The number of rotatable bonds is 6. The van der Waals surface area contributed by atoms with Gasteiger partial charge in [-0.05, 0) is 26.2 Å². The summed E-state index contributed by atoms with van der Waals surface area (Å²) in [6.45, 7) is 7.04. The molecule has 1 saturated heterocycles. The Kier molecular flexibility index (Phi) is 5.37. The van der Waals surface area contributed by atoms with Crippen LogP contribution in [0.1, 0.15) is 41.1 Å². The number of carbonyl (C=O) groups is 1. The fourth-order valence-electron chi connectivity index (χ4n) is 3.07. The molecular weight excluding hydrogens is 284 g/mol. The molecule has 6 nitrogen and oxygen atoms in total. The number of allylic oxidation sites excluding steroid dienone is 1. The zero-order chi connectivity index (χ0) is 16.2. The lowest BCUT2D eigenvalue weighted by Gasteiger charge is -2.41. The molecule has 6 heteroatoms. The molecule has 0 aromatic carbocycles. The van der Waals surface area contributed by atoms with Crippen molar-refractivity contribution < 1.29 is 19.2 Å². The molecule has 1 N–H and O–H groups in total. The minimum Gasteiger partial charge on any atom is -0.396 e. The number of hydrogen-bond acceptors (Lipinski definition) is 5. The summed E-state index contributed by atoms with van der Waals surface area (Å²) in [7, 11) is 1.57. The molecule has 0 radical (unpaired) electrons. The molecule has 0 aliphatic carbocycles. The zero-order valence-corrected chi connectivity index (χ0v) is 13.3. The largest absolute Gasteiger partial charge is 0.396 e. The fourth-order valence-corrected chi connectivity index (χ4v) is 3.07. The van der Waals surface area contributed by atoms with Gasteiger partial charge in [0.25, 0.3) is 5.91 Å². The van der Waals surface area contributed by atoms with Crippen molar-refractivity contribution in [1.29, 1.82) is 0 Å². The van der Waals surface area contributed by atoms with Crippen molar-refractivity contribution in [2.24, 2.45) is 5.41 Å². The second-order valence-electron chi connectivity index (χ2n) is 5.98. The predicted molar refractivity (Wildman–Crippen MR) is 81.4 cm³/mol. The predicted octanol–water partition coefficient (Wildman–Crippen LogP) is 1.92. The highest BCUT2D eigenvalue weighted by molar-refractivity contribution is 5.93. The van der Waals surface area contributed by atoms with Crippen LogP contribution in [-0.4, -0.2) is 47.9 Å². The Bertz CT molecular complexity index is 540. The molecule has 1 aromatic heterocycles. The van der Waals surface area contributed by atoms with Crippen molar-refractivity contribution >= 4 is 5.91 Å². The number of piperidine rings is 1. The van der Waals surface area contributed by atoms with Crippen LogP contribution >= 0.6 is 0 Å². The summed E-state index contributed by atoms with van der Waals surface area (Å²) in [4.78, 5) is 14.5. The molecule has 0 spiro atoms. The van der Waals surface area contributed by atoms with Crippen LogP contribution in [0.4, 0.5) is 0 Å². The van der Waals surface area contributed by atoms with Gasteiger partial charge in [-0.2, -0.15) is 0 Å². The lowest BCUT2D eigenvalue weighted by atomic mass is 9.77. The number of likely N-dealkylation sites (tertiary alicyclic amines) is 1. The standard InChI is InChI=1S/C16H24N2O4/c1-4-6-16(11-19)7-5-8-18(10-16)15(20)14-13(9-21-3)12(2)22-17-14/h4,19H,1,5-11H2,2-3H3. The summed E-state index contributed by atoms with van der Waals surface area (Å²) >= 11 is 0. The normalized spacial score (nSPS) is 21.9. The number of aryl methyl sites for hydroxylation is 1. The summed E-state index contributed by atoms with van der Waals surface area (Å²) < 4.78 is 10.3. The number of aromatic nitrogens is 1. The second kappa shape index (κ2) is 7.07. The molecule has 2 heterocycles. The first kappa shape index (κ1) is 16.7. The maximum absolute atomic E-state index is 12.8. The Morgan fingerprint density at radius 1 is 1.64 bits per heavy atom. The molecule has 122 valence electrons. The van der Waals surface area contributed by atoms with Gasteiger partial charge in [0.1, 0.15) is 5.76 Å². The highest BCUT2D eigenvalue weighted by atomic mass is 16.5. The minimum absolute atomic E-state index is 0.0472. The Hall–Kier alpha value is -1.66. The lowest BCUT2D eigenvalue weighted by Crippen LogP contribution is -2.48. The summed E-state index contributed by atoms with van der Waals surface area (Å²) in [5.74, 6) is 0.437. The van der Waals surface area contributed by atoms with E-state index in [-0.39, 0.29) is 17.9 Å². The Morgan fingerprint density at radius 2 is 2.41 bits per heavy atom. The van der Waals surface area contributed by atoms with Gasteiger partial charge in [-0.3, -0.25) is 4.79 Å². The highest BCUT2D eigenvalue weighted by Gasteiger charge is 2.37. The molecule has 1 aliphatic rings. The molecular formula is C16H24N2O4. The van der Waals surface area contributed by atoms with Crippen LogP contribution in [0.25, 0.3) is 0 Å². The smallest absolute Gasteiger partial charge is 0.276 e. The van der Waals surface area contributed by atoms with Gasteiger partial charge in [0, 0.05) is 25.6 Å². The first-order chi connectivity index (χ1) is 10.6. The van der Waals surface area contributed by atoms with E-state index in [1.54, 1.807) is 25.0 Å². The summed E-state index contributed by atoms with van der Waals surface area (Å²) in [6, 6.07) is 0. The van der Waals surface area contributed by atoms with Crippen LogP contribution in [0, 0.1) is 12.3 Å². The van der Waals surface area contributed by atoms with Crippen LogP contribution < -0.4 is 0 Å². The van der Waals surface area contributed by atoms with Crippen LogP contribution in [0.2, 0.25) is 0 Å². The van der Waals surface area contributed by atoms with Crippen molar-refractivity contribution in [3.63, 3.8) is 0 Å². The highest BCUT2D eigenvalue weighted by Crippen LogP contribution is 2.34. The van der Waals surface area contributed by atoms with Gasteiger partial charge >= 0.3 is 0 Å². The topological polar surface area (TPSA) is 75.8 Å². The van der Waals surface area contributed by atoms with E-state index in [9.17, 15) is 9.90 Å². The molecule has 1 fully saturated rings. The number of ether oxygens (including phenoxy) is 1. The number of aliphatic hydroxyl groups is 1. The van der Waals surface area contributed by atoms with E-state index in [2.05, 4.69) is 11.7 Å². The zero-order valence-electron chi connectivity index (χ0n) is 13.3. The molecule has 2 rings (SSSR count). The monoisotopic (exact) mass is 308 g/mol. The molecule has 1 amide bonds. The van der Waals surface area contributed by atoms with Crippen molar-refractivity contribution in [3.05, 3.63) is 29.7 Å². The minimum atomic E-state index is -0.296. The lowest BCUT2D eigenvalue weighted by molar-refractivity contribution is 0.0277. The number of methoxy groups -OCH3 is 1. The maximum Gasteiger partial charge on any atom is 0.276 e. The van der Waals surface area contributed by atoms with E-state index in [4.69, 9.17) is 9.26 Å². The van der Waals surface area contributed by atoms with E-state index in [1.807, 2.05) is 0 Å². The summed E-state index contributed by atoms with van der Waals surface area (Å²) in [5.41, 5.74) is 0.707. The maximum atomic E-state index is 12.8. The van der Waals surface area contributed by atoms with Crippen molar-refractivity contribution in [3.8, 4) is 0 Å². The first-order valence-electron chi connectivity index (χ1n) is 7.52. The van der Waals surface area contributed by atoms with Gasteiger partial charge in [-0.1, -0.05) is 11.2 Å². The van der Waals surface area contributed by atoms with E-state index in [0.717, 1.165) is 12.8 Å². The molecule has 1 aliphatic heterocycles. The third kappa shape index (κ3) is 3.23. The van der Waals surface area contributed by atoms with Crippen LogP contribution in [0.5, 0.6) is 0 Å². The Morgan fingerprint density at radius 3 is 3.05 bits per heavy atom. The van der Waals surface area contributed by atoms with Crippen molar-refractivity contribution in [1.82, 2.24) is 10.1 Å². The van der Waals surface area contributed by atoms with E-state index in [0.29, 0.717) is 43.1 Å². The first-order valence-corrected chi connectivity index (χ1v) is 7.52. The Balaban J connectivity index is 2.20. The van der Waals surface area contributed by atoms with Crippen LogP contribution in [0.3, 0.4) is 0 Å². The van der Waals surface area contributed by atoms with E-state index < -0.39 is 0 Å². The number of nitrogens with zero attached hydrogens (tertiary/aromatic N) is 2. The van der Waals surface area contributed by atoms with Crippen molar-refractivity contribution in [2.45, 2.75) is 32.8 Å². The van der Waals surface area contributed by atoms with E-state index >= 15 is 0 Å². The number of aliphatic hydroxyl groups excluding tert-OH is 1. The second-order valence-corrected chi connectivity index (χ2v) is 5.98. The van der Waals surface area contributed by atoms with Gasteiger partial charge in [-0.15, -0.1) is 6.58 Å². The molecule has 0 saturated carbocycles. The average Bonchev–Trinajstić information content (AvgIpc) is 2.89. The quantitative estimate of drug-likeness (QED) is 0.813. The molecule has 1 atom stereocenters. The van der Waals surface area contributed by atoms with Crippen LogP contribution in [-0.2, 0) is 11.3 Å². The SMILES string of the molecule is C=CCC1(CO)CCCN(C(=O)c2noc(C)c2COC)C1. The van der Waals surface area contributed by atoms with Gasteiger partial charge in [0.05, 0.1) is 18.8 Å². The fraction of sp³-hybridized carbons (Fsp3) is 0.625.